The Kier molecular flexibility index (Phi) is 5.62. The normalized spacial score (nSPS) is 12.3. The van der Waals surface area contributed by atoms with E-state index in [1.807, 2.05) is 6.07 Å². The highest BCUT2D eigenvalue weighted by atomic mass is 32.2. The lowest BCUT2D eigenvalue weighted by atomic mass is 10.1. The van der Waals surface area contributed by atoms with E-state index in [4.69, 9.17) is 0 Å². The third-order valence-corrected chi connectivity index (χ3v) is 4.20. The second-order valence-corrected chi connectivity index (χ2v) is 5.89. The molecule has 2 aromatic carbocycles. The summed E-state index contributed by atoms with van der Waals surface area (Å²) in [5.41, 5.74) is 2.27. The van der Waals surface area contributed by atoms with Crippen molar-refractivity contribution in [1.82, 2.24) is 5.32 Å². The van der Waals surface area contributed by atoms with Crippen molar-refractivity contribution < 1.29 is 4.39 Å². The summed E-state index contributed by atoms with van der Waals surface area (Å²) in [6.45, 7) is 5.04. The van der Waals surface area contributed by atoms with Crippen LogP contribution in [0.25, 0.3) is 0 Å². The molecule has 1 atom stereocenters. The molecule has 0 saturated heterocycles. The summed E-state index contributed by atoms with van der Waals surface area (Å²) in [4.78, 5) is 1.25. The zero-order valence-electron chi connectivity index (χ0n) is 11.9. The van der Waals surface area contributed by atoms with Gasteiger partial charge in [-0.25, -0.2) is 4.39 Å². The van der Waals surface area contributed by atoms with E-state index in [2.05, 4.69) is 43.4 Å². The number of benzene rings is 2. The number of hydrogen-bond donors (Lipinski definition) is 1. The molecule has 2 rings (SSSR count). The summed E-state index contributed by atoms with van der Waals surface area (Å²) >= 11 is 1.80. The fraction of sp³-hybridized carbons (Fsp3) is 0.294. The number of aryl methyl sites for hydroxylation is 1. The molecule has 106 valence electrons. The van der Waals surface area contributed by atoms with Crippen molar-refractivity contribution in [2.45, 2.75) is 24.8 Å². The smallest absolute Gasteiger partial charge is 0.123 e. The molecule has 0 bridgehead atoms. The first kappa shape index (κ1) is 15.1. The highest BCUT2D eigenvalue weighted by molar-refractivity contribution is 7.99. The Morgan fingerprint density at radius 3 is 2.65 bits per heavy atom. The van der Waals surface area contributed by atoms with E-state index < -0.39 is 0 Å². The van der Waals surface area contributed by atoms with Crippen molar-refractivity contribution in [1.29, 1.82) is 0 Å². The van der Waals surface area contributed by atoms with Crippen LogP contribution in [0.5, 0.6) is 0 Å². The highest BCUT2D eigenvalue weighted by Gasteiger charge is 2.11. The fourth-order valence-corrected chi connectivity index (χ4v) is 3.24. The molecule has 1 nitrogen and oxygen atoms in total. The van der Waals surface area contributed by atoms with E-state index in [0.717, 1.165) is 17.9 Å². The van der Waals surface area contributed by atoms with Gasteiger partial charge < -0.3 is 5.32 Å². The van der Waals surface area contributed by atoms with Crippen molar-refractivity contribution >= 4 is 11.8 Å². The van der Waals surface area contributed by atoms with Gasteiger partial charge in [0.1, 0.15) is 5.82 Å². The first-order chi connectivity index (χ1) is 9.69. The molecule has 0 aromatic heterocycles. The van der Waals surface area contributed by atoms with E-state index in [1.54, 1.807) is 23.9 Å². The van der Waals surface area contributed by atoms with Gasteiger partial charge in [0.2, 0.25) is 0 Å². The molecule has 0 aliphatic carbocycles. The van der Waals surface area contributed by atoms with Crippen LogP contribution in [0.4, 0.5) is 4.39 Å². The predicted molar refractivity (Wildman–Crippen MR) is 84.7 cm³/mol. The van der Waals surface area contributed by atoms with Crippen molar-refractivity contribution in [3.63, 3.8) is 0 Å². The molecular formula is C17H20FNS. The number of hydrogen-bond acceptors (Lipinski definition) is 2. The van der Waals surface area contributed by atoms with E-state index in [0.29, 0.717) is 0 Å². The van der Waals surface area contributed by atoms with Crippen LogP contribution < -0.4 is 5.32 Å². The van der Waals surface area contributed by atoms with E-state index in [-0.39, 0.29) is 11.9 Å². The number of rotatable bonds is 6. The van der Waals surface area contributed by atoms with Crippen molar-refractivity contribution in [2.75, 3.05) is 12.3 Å². The first-order valence-corrected chi connectivity index (χ1v) is 7.86. The van der Waals surface area contributed by atoms with Gasteiger partial charge in [-0.1, -0.05) is 36.8 Å². The molecule has 3 heteroatoms. The lowest BCUT2D eigenvalue weighted by Crippen LogP contribution is -2.23. The Labute approximate surface area is 124 Å². The van der Waals surface area contributed by atoms with Crippen molar-refractivity contribution in [3.05, 3.63) is 65.5 Å². The summed E-state index contributed by atoms with van der Waals surface area (Å²) in [6.07, 6.45) is 0. The van der Waals surface area contributed by atoms with Gasteiger partial charge in [-0.3, -0.25) is 0 Å². The van der Waals surface area contributed by atoms with Crippen LogP contribution in [0.1, 0.15) is 24.1 Å². The minimum absolute atomic E-state index is 0.168. The van der Waals surface area contributed by atoms with E-state index in [9.17, 15) is 4.39 Å². The largest absolute Gasteiger partial charge is 0.309 e. The average molecular weight is 289 g/mol. The van der Waals surface area contributed by atoms with Crippen LogP contribution in [-0.2, 0) is 0 Å². The molecule has 0 saturated carbocycles. The molecule has 0 amide bonds. The molecule has 0 aliphatic rings. The fourth-order valence-electron chi connectivity index (χ4n) is 2.13. The van der Waals surface area contributed by atoms with Gasteiger partial charge >= 0.3 is 0 Å². The summed E-state index contributed by atoms with van der Waals surface area (Å²) in [7, 11) is 0. The molecule has 0 heterocycles. The summed E-state index contributed by atoms with van der Waals surface area (Å²) < 4.78 is 13.3. The Morgan fingerprint density at radius 2 is 1.95 bits per heavy atom. The van der Waals surface area contributed by atoms with Gasteiger partial charge in [-0.2, -0.15) is 0 Å². The van der Waals surface area contributed by atoms with Crippen LogP contribution in [0, 0.1) is 12.7 Å². The third-order valence-electron chi connectivity index (χ3n) is 3.11. The van der Waals surface area contributed by atoms with Crippen LogP contribution in [-0.4, -0.2) is 12.3 Å². The Balaban J connectivity index is 2.06. The first-order valence-electron chi connectivity index (χ1n) is 6.87. The SMILES string of the molecule is CCNC(CSc1cccc(C)c1)c1cccc(F)c1. The zero-order chi connectivity index (χ0) is 14.4. The predicted octanol–water partition coefficient (Wildman–Crippen LogP) is 4.58. The second-order valence-electron chi connectivity index (χ2n) is 4.79. The maximum atomic E-state index is 13.3. The van der Waals surface area contributed by atoms with Gasteiger partial charge in [0.05, 0.1) is 0 Å². The molecule has 0 fully saturated rings. The topological polar surface area (TPSA) is 12.0 Å². The number of thioether (sulfide) groups is 1. The summed E-state index contributed by atoms with van der Waals surface area (Å²) in [6, 6.07) is 15.5. The van der Waals surface area contributed by atoms with Gasteiger partial charge in [-0.15, -0.1) is 11.8 Å². The van der Waals surface area contributed by atoms with Gasteiger partial charge in [0.15, 0.2) is 0 Å². The van der Waals surface area contributed by atoms with Crippen molar-refractivity contribution in [2.24, 2.45) is 0 Å². The monoisotopic (exact) mass is 289 g/mol. The highest BCUT2D eigenvalue weighted by Crippen LogP contribution is 2.25. The minimum atomic E-state index is -0.175. The molecule has 2 aromatic rings. The number of nitrogens with one attached hydrogen (secondary N) is 1. The quantitative estimate of drug-likeness (QED) is 0.781. The third kappa shape index (κ3) is 4.36. The van der Waals surface area contributed by atoms with Crippen LogP contribution in [0.15, 0.2) is 53.4 Å². The molecule has 20 heavy (non-hydrogen) atoms. The van der Waals surface area contributed by atoms with Crippen LogP contribution in [0.3, 0.4) is 0 Å². The summed E-state index contributed by atoms with van der Waals surface area (Å²) in [5.74, 6) is 0.715. The Morgan fingerprint density at radius 1 is 1.15 bits per heavy atom. The van der Waals surface area contributed by atoms with Crippen molar-refractivity contribution in [3.8, 4) is 0 Å². The average Bonchev–Trinajstić information content (AvgIpc) is 2.43. The molecule has 0 aliphatic heterocycles. The van der Waals surface area contributed by atoms with Crippen LogP contribution >= 0.6 is 11.8 Å². The Bertz CT molecular complexity index is 556. The lowest BCUT2D eigenvalue weighted by molar-refractivity contribution is 0.588. The summed E-state index contributed by atoms with van der Waals surface area (Å²) in [5, 5.41) is 3.42. The van der Waals surface area contributed by atoms with E-state index >= 15 is 0 Å². The lowest BCUT2D eigenvalue weighted by Gasteiger charge is -2.18. The number of halogens is 1. The molecule has 0 radical (unpaired) electrons. The minimum Gasteiger partial charge on any atom is -0.309 e. The van der Waals surface area contributed by atoms with E-state index in [1.165, 1.54) is 16.5 Å². The molecule has 1 N–H and O–H groups in total. The molecular weight excluding hydrogens is 269 g/mol. The molecule has 0 spiro atoms. The van der Waals surface area contributed by atoms with Gasteiger partial charge in [0, 0.05) is 16.7 Å². The van der Waals surface area contributed by atoms with Gasteiger partial charge in [-0.05, 0) is 43.3 Å². The maximum absolute atomic E-state index is 13.3. The van der Waals surface area contributed by atoms with Gasteiger partial charge in [0.25, 0.3) is 0 Å². The van der Waals surface area contributed by atoms with Crippen LogP contribution in [0.2, 0.25) is 0 Å². The molecule has 1 unspecified atom stereocenters. The zero-order valence-corrected chi connectivity index (χ0v) is 12.7. The standard InChI is InChI=1S/C17H20FNS/c1-3-19-17(14-7-5-8-15(18)11-14)12-20-16-9-4-6-13(2)10-16/h4-11,17,19H,3,12H2,1-2H3. The maximum Gasteiger partial charge on any atom is 0.123 e. The Hall–Kier alpha value is -1.32. The second kappa shape index (κ2) is 7.46.